The minimum Gasteiger partial charge on any atom is -0.450 e. The highest BCUT2D eigenvalue weighted by Crippen LogP contribution is 2.49. The van der Waals surface area contributed by atoms with E-state index in [1.54, 1.807) is 19.3 Å². The predicted molar refractivity (Wildman–Crippen MR) is 141 cm³/mol. The molecule has 12 heteroatoms. The van der Waals surface area contributed by atoms with E-state index in [1.807, 2.05) is 4.90 Å². The van der Waals surface area contributed by atoms with Crippen molar-refractivity contribution in [3.63, 3.8) is 0 Å². The lowest BCUT2D eigenvalue weighted by Gasteiger charge is -2.28. The number of halogens is 2. The second-order valence-electron chi connectivity index (χ2n) is 9.37. The van der Waals surface area contributed by atoms with Gasteiger partial charge in [-0.15, -0.1) is 0 Å². The van der Waals surface area contributed by atoms with E-state index in [-0.39, 0.29) is 30.0 Å². The van der Waals surface area contributed by atoms with E-state index in [0.717, 1.165) is 6.07 Å². The van der Waals surface area contributed by atoms with Crippen molar-refractivity contribution >= 4 is 46.9 Å². The van der Waals surface area contributed by atoms with Crippen molar-refractivity contribution in [2.45, 2.75) is 12.8 Å². The van der Waals surface area contributed by atoms with Gasteiger partial charge in [0.25, 0.3) is 0 Å². The molecule has 0 atom stereocenters. The van der Waals surface area contributed by atoms with E-state index in [4.69, 9.17) is 10.5 Å². The molecule has 0 radical (unpaired) electrons. The molecule has 3 aromatic rings. The summed E-state index contributed by atoms with van der Waals surface area (Å²) in [6, 6.07) is 9.12. The van der Waals surface area contributed by atoms with Crippen LogP contribution in [-0.4, -0.2) is 47.8 Å². The summed E-state index contributed by atoms with van der Waals surface area (Å²) in [5, 5.41) is 2.91. The van der Waals surface area contributed by atoms with E-state index >= 15 is 4.39 Å². The van der Waals surface area contributed by atoms with Gasteiger partial charge in [-0.3, -0.25) is 19.5 Å². The molecule has 1 aromatic heterocycles. The minimum absolute atomic E-state index is 0.0988. The average molecular weight is 532 g/mol. The molecule has 3 aliphatic rings. The first-order chi connectivity index (χ1) is 18.8. The Bertz CT molecular complexity index is 1570. The van der Waals surface area contributed by atoms with Gasteiger partial charge in [-0.1, -0.05) is 0 Å². The van der Waals surface area contributed by atoms with Gasteiger partial charge in [0.05, 0.1) is 12.2 Å². The zero-order chi connectivity index (χ0) is 27.3. The summed E-state index contributed by atoms with van der Waals surface area (Å²) in [7, 11) is 1.73. The fraction of sp³-hybridized carbons (Fsp3) is 0.222. The molecule has 198 valence electrons. The summed E-state index contributed by atoms with van der Waals surface area (Å²) in [5.74, 6) is -0.731. The Kier molecular flexibility index (Phi) is 5.74. The number of amides is 2. The Hall–Kier alpha value is -4.87. The molecule has 1 saturated carbocycles. The molecule has 0 spiro atoms. The molecule has 1 fully saturated rings. The maximum absolute atomic E-state index is 15.5. The quantitative estimate of drug-likeness (QED) is 0.448. The van der Waals surface area contributed by atoms with Gasteiger partial charge in [0, 0.05) is 37.1 Å². The summed E-state index contributed by atoms with van der Waals surface area (Å²) in [5.41, 5.74) is 5.25. The topological polar surface area (TPSA) is 126 Å². The van der Waals surface area contributed by atoms with E-state index in [0.29, 0.717) is 42.0 Å². The average Bonchev–Trinajstić information content (AvgIpc) is 3.61. The second kappa shape index (κ2) is 9.15. The summed E-state index contributed by atoms with van der Waals surface area (Å²) in [6.45, 7) is 1.10. The van der Waals surface area contributed by atoms with Crippen LogP contribution in [0.5, 0.6) is 5.75 Å². The van der Waals surface area contributed by atoms with Gasteiger partial charge in [-0.05, 0) is 55.3 Å². The summed E-state index contributed by atoms with van der Waals surface area (Å²) >= 11 is 0. The van der Waals surface area contributed by atoms with Crippen LogP contribution in [0.4, 0.5) is 31.9 Å². The Morgan fingerprint density at radius 1 is 1.13 bits per heavy atom. The highest BCUT2D eigenvalue weighted by molar-refractivity contribution is 6.17. The molecular weight excluding hydrogens is 508 g/mol. The zero-order valence-electron chi connectivity index (χ0n) is 20.8. The number of hydrogen-bond acceptors (Lipinski definition) is 8. The standard InChI is InChI=1S/C27H23F2N7O3/c1-31-26-33-14-15-12-21(23-32-10-11-35(23)22(15)34-26)39-20-7-6-18(13-19(20)29)36(17-4-2-16(28)3-5-17)25(38)27(8-9-27)24(30)37/h2-7,12-14H,8-11H2,1H3,(H2,30,37)(H,31,33,34). The minimum atomic E-state index is -1.38. The number of fused-ring (bicyclic) bond motifs is 3. The van der Waals surface area contributed by atoms with Gasteiger partial charge in [0.2, 0.25) is 17.8 Å². The number of benzene rings is 2. The van der Waals surface area contributed by atoms with Crippen molar-refractivity contribution in [2.24, 2.45) is 16.1 Å². The van der Waals surface area contributed by atoms with Crippen LogP contribution in [0, 0.1) is 17.0 Å². The maximum atomic E-state index is 15.5. The fourth-order valence-electron chi connectivity index (χ4n) is 4.67. The molecule has 0 bridgehead atoms. The summed E-state index contributed by atoms with van der Waals surface area (Å²) < 4.78 is 35.1. The van der Waals surface area contributed by atoms with Crippen LogP contribution in [0.3, 0.4) is 0 Å². The Labute approximate surface area is 221 Å². The van der Waals surface area contributed by atoms with Gasteiger partial charge in [-0.2, -0.15) is 4.98 Å². The Balaban J connectivity index is 1.34. The Morgan fingerprint density at radius 2 is 1.87 bits per heavy atom. The molecule has 0 unspecified atom stereocenters. The van der Waals surface area contributed by atoms with Gasteiger partial charge >= 0.3 is 0 Å². The molecule has 3 heterocycles. The number of carbonyl (C=O) groups excluding carboxylic acids is 2. The van der Waals surface area contributed by atoms with E-state index in [1.165, 1.54) is 41.3 Å². The number of aromatic nitrogens is 2. The smallest absolute Gasteiger partial charge is 0.247 e. The van der Waals surface area contributed by atoms with Crippen molar-refractivity contribution in [1.82, 2.24) is 9.97 Å². The second-order valence-corrected chi connectivity index (χ2v) is 9.37. The number of primary amides is 1. The molecule has 10 nitrogen and oxygen atoms in total. The third kappa shape index (κ3) is 4.13. The number of carbonyl (C=O) groups is 2. The third-order valence-electron chi connectivity index (χ3n) is 6.94. The highest BCUT2D eigenvalue weighted by atomic mass is 19.1. The first-order valence-electron chi connectivity index (χ1n) is 12.3. The van der Waals surface area contributed by atoms with Crippen LogP contribution in [0.2, 0.25) is 0 Å². The molecule has 39 heavy (non-hydrogen) atoms. The largest absolute Gasteiger partial charge is 0.450 e. The predicted octanol–water partition coefficient (Wildman–Crippen LogP) is 3.38. The van der Waals surface area contributed by atoms with Crippen molar-refractivity contribution in [3.8, 4) is 5.75 Å². The van der Waals surface area contributed by atoms with Crippen molar-refractivity contribution in [3.05, 3.63) is 71.6 Å². The summed E-state index contributed by atoms with van der Waals surface area (Å²) in [6.07, 6.45) is 3.91. The zero-order valence-corrected chi connectivity index (χ0v) is 20.8. The molecule has 2 aromatic carbocycles. The van der Waals surface area contributed by atoms with Crippen LogP contribution in [-0.2, 0) is 9.59 Å². The molecule has 6 rings (SSSR count). The monoisotopic (exact) mass is 531 g/mol. The number of nitrogens with one attached hydrogen (secondary N) is 1. The van der Waals surface area contributed by atoms with Crippen molar-refractivity contribution in [1.29, 1.82) is 0 Å². The van der Waals surface area contributed by atoms with Crippen molar-refractivity contribution in [2.75, 3.05) is 35.3 Å². The lowest BCUT2D eigenvalue weighted by molar-refractivity contribution is -0.133. The molecule has 3 N–H and O–H groups in total. The van der Waals surface area contributed by atoms with Crippen LogP contribution in [0.1, 0.15) is 18.4 Å². The highest BCUT2D eigenvalue weighted by Gasteiger charge is 2.57. The number of rotatable bonds is 7. The van der Waals surface area contributed by atoms with Gasteiger partial charge in [0.15, 0.2) is 23.2 Å². The number of nitrogens with zero attached hydrogens (tertiary/aromatic N) is 5. The molecule has 1 aliphatic carbocycles. The molecule has 2 amide bonds. The molecule has 2 aliphatic heterocycles. The van der Waals surface area contributed by atoms with Crippen LogP contribution in [0.15, 0.2) is 59.4 Å². The first-order valence-corrected chi connectivity index (χ1v) is 12.3. The maximum Gasteiger partial charge on any atom is 0.247 e. The molecular formula is C27H23F2N7O3. The lowest BCUT2D eigenvalue weighted by atomic mass is 10.0. The van der Waals surface area contributed by atoms with E-state index < -0.39 is 28.9 Å². The normalized spacial score (nSPS) is 16.4. The van der Waals surface area contributed by atoms with E-state index in [9.17, 15) is 14.0 Å². The lowest BCUT2D eigenvalue weighted by Crippen LogP contribution is -2.41. The number of hydrogen-bond donors (Lipinski definition) is 2. The summed E-state index contributed by atoms with van der Waals surface area (Å²) in [4.78, 5) is 41.9. The van der Waals surface area contributed by atoms with Crippen LogP contribution < -0.4 is 25.6 Å². The first kappa shape index (κ1) is 24.5. The van der Waals surface area contributed by atoms with Crippen LogP contribution >= 0.6 is 0 Å². The molecule has 0 saturated heterocycles. The van der Waals surface area contributed by atoms with Crippen molar-refractivity contribution < 1.29 is 23.1 Å². The van der Waals surface area contributed by atoms with Gasteiger partial charge in [0.1, 0.15) is 17.1 Å². The van der Waals surface area contributed by atoms with E-state index in [2.05, 4.69) is 20.3 Å². The SMILES string of the molecule is CNc1ncc2c(n1)N1CCN=C1C(Oc1ccc(N(C(=O)C3(C(N)=O)CC3)c3ccc(F)cc3)cc1F)=C2. The number of amidine groups is 1. The number of nitrogens with two attached hydrogens (primary N) is 1. The third-order valence-corrected chi connectivity index (χ3v) is 6.94. The number of anilines is 4. The number of ether oxygens (including phenoxy) is 1. The fourth-order valence-corrected chi connectivity index (χ4v) is 4.67. The van der Waals surface area contributed by atoms with Gasteiger partial charge < -0.3 is 20.7 Å². The number of aliphatic imine (C=N–C) groups is 1. The Morgan fingerprint density at radius 3 is 2.54 bits per heavy atom. The van der Waals surface area contributed by atoms with Crippen LogP contribution in [0.25, 0.3) is 6.08 Å². The van der Waals surface area contributed by atoms with Gasteiger partial charge in [-0.25, -0.2) is 13.8 Å².